The molecule has 20 heavy (non-hydrogen) atoms. The first-order valence-electron chi connectivity index (χ1n) is 7.21. The summed E-state index contributed by atoms with van der Waals surface area (Å²) in [6.07, 6.45) is 1.06. The average Bonchev–Trinajstić information content (AvgIpc) is 2.88. The van der Waals surface area contributed by atoms with Gasteiger partial charge in [0.2, 0.25) is 0 Å². The van der Waals surface area contributed by atoms with E-state index in [1.165, 1.54) is 5.56 Å². The van der Waals surface area contributed by atoms with Gasteiger partial charge in [0.1, 0.15) is 0 Å². The van der Waals surface area contributed by atoms with Crippen molar-refractivity contribution in [2.45, 2.75) is 45.3 Å². The number of nitrogens with zero attached hydrogens (tertiary/aromatic N) is 1. The molecule has 1 atom stereocenters. The predicted molar refractivity (Wildman–Crippen MR) is 85.7 cm³/mol. The quantitative estimate of drug-likeness (QED) is 0.921. The van der Waals surface area contributed by atoms with Gasteiger partial charge in [-0.3, -0.25) is 0 Å². The lowest BCUT2D eigenvalue weighted by molar-refractivity contribution is 0.193. The number of benzene rings is 1. The molecule has 1 aliphatic heterocycles. The van der Waals surface area contributed by atoms with E-state index in [0.29, 0.717) is 6.04 Å². The maximum absolute atomic E-state index is 6.44. The van der Waals surface area contributed by atoms with Crippen molar-refractivity contribution in [1.82, 2.24) is 5.32 Å². The van der Waals surface area contributed by atoms with Crippen molar-refractivity contribution >= 4 is 17.3 Å². The highest BCUT2D eigenvalue weighted by Crippen LogP contribution is 2.32. The molecule has 112 valence electrons. The molecule has 1 heterocycles. The number of hydrogen-bond donors (Lipinski definition) is 1. The van der Waals surface area contributed by atoms with Gasteiger partial charge >= 0.3 is 0 Å². The van der Waals surface area contributed by atoms with Crippen LogP contribution in [0.25, 0.3) is 0 Å². The fraction of sp³-hybridized carbons (Fsp3) is 0.625. The van der Waals surface area contributed by atoms with Crippen LogP contribution >= 0.6 is 11.6 Å². The lowest BCUT2D eigenvalue weighted by Crippen LogP contribution is -2.37. The van der Waals surface area contributed by atoms with Gasteiger partial charge in [-0.1, -0.05) is 23.7 Å². The van der Waals surface area contributed by atoms with E-state index in [9.17, 15) is 0 Å². The van der Waals surface area contributed by atoms with Crippen molar-refractivity contribution in [3.8, 4) is 0 Å². The Hall–Kier alpha value is -0.770. The molecule has 1 aliphatic rings. The van der Waals surface area contributed by atoms with Crippen molar-refractivity contribution in [3.05, 3.63) is 28.8 Å². The molecule has 0 radical (unpaired) electrons. The second-order valence-corrected chi connectivity index (χ2v) is 6.89. The Balaban J connectivity index is 2.21. The van der Waals surface area contributed by atoms with E-state index >= 15 is 0 Å². The van der Waals surface area contributed by atoms with Crippen molar-refractivity contribution in [3.63, 3.8) is 0 Å². The summed E-state index contributed by atoms with van der Waals surface area (Å²) in [7, 11) is 2.11. The predicted octanol–water partition coefficient (Wildman–Crippen LogP) is 3.45. The third kappa shape index (κ3) is 3.87. The third-order valence-corrected chi connectivity index (χ3v) is 3.99. The highest BCUT2D eigenvalue weighted by Gasteiger charge is 2.24. The normalized spacial score (nSPS) is 19.4. The molecule has 1 saturated heterocycles. The fourth-order valence-electron chi connectivity index (χ4n) is 2.47. The molecule has 2 rings (SSSR count). The van der Waals surface area contributed by atoms with Crippen LogP contribution in [0.2, 0.25) is 5.02 Å². The summed E-state index contributed by atoms with van der Waals surface area (Å²) in [4.78, 5) is 2.27. The summed E-state index contributed by atoms with van der Waals surface area (Å²) < 4.78 is 5.49. The molecule has 1 unspecified atom stereocenters. The molecule has 1 N–H and O–H groups in total. The molecule has 3 nitrogen and oxygen atoms in total. The number of rotatable bonds is 4. The highest BCUT2D eigenvalue weighted by atomic mass is 35.5. The molecule has 4 heteroatoms. The third-order valence-electron chi connectivity index (χ3n) is 3.69. The number of para-hydroxylation sites is 1. The number of nitrogens with one attached hydrogen (secondary N) is 1. The van der Waals surface area contributed by atoms with Gasteiger partial charge < -0.3 is 15.0 Å². The van der Waals surface area contributed by atoms with Gasteiger partial charge in [0.25, 0.3) is 0 Å². The average molecular weight is 297 g/mol. The van der Waals surface area contributed by atoms with Crippen LogP contribution in [0.5, 0.6) is 0 Å². The van der Waals surface area contributed by atoms with Crippen LogP contribution in [-0.4, -0.2) is 31.8 Å². The zero-order chi connectivity index (χ0) is 14.8. The van der Waals surface area contributed by atoms with E-state index in [1.807, 2.05) is 12.1 Å². The van der Waals surface area contributed by atoms with Gasteiger partial charge in [-0.2, -0.15) is 0 Å². The summed E-state index contributed by atoms with van der Waals surface area (Å²) in [5.41, 5.74) is 2.46. The lowest BCUT2D eigenvalue weighted by Gasteiger charge is -2.30. The molecule has 1 aromatic carbocycles. The Morgan fingerprint density at radius 3 is 2.75 bits per heavy atom. The molecule has 0 saturated carbocycles. The van der Waals surface area contributed by atoms with Crippen molar-refractivity contribution in [1.29, 1.82) is 0 Å². The number of ether oxygens (including phenoxy) is 1. The van der Waals surface area contributed by atoms with E-state index in [0.717, 1.165) is 36.9 Å². The van der Waals surface area contributed by atoms with E-state index < -0.39 is 0 Å². The number of halogens is 1. The Labute approximate surface area is 127 Å². The van der Waals surface area contributed by atoms with Gasteiger partial charge in [0.05, 0.1) is 23.4 Å². The minimum Gasteiger partial charge on any atom is -0.379 e. The van der Waals surface area contributed by atoms with Gasteiger partial charge in [0, 0.05) is 25.7 Å². The maximum atomic E-state index is 6.44. The highest BCUT2D eigenvalue weighted by molar-refractivity contribution is 6.33. The molecule has 1 aromatic rings. The molecule has 0 amide bonds. The second kappa shape index (κ2) is 6.33. The van der Waals surface area contributed by atoms with Crippen LogP contribution < -0.4 is 10.2 Å². The van der Waals surface area contributed by atoms with E-state index in [4.69, 9.17) is 16.3 Å². The van der Waals surface area contributed by atoms with Gasteiger partial charge in [0.15, 0.2) is 0 Å². The molecule has 1 fully saturated rings. The first-order valence-corrected chi connectivity index (χ1v) is 7.59. The summed E-state index contributed by atoms with van der Waals surface area (Å²) in [6.45, 7) is 8.96. The molecule has 0 aliphatic carbocycles. The van der Waals surface area contributed by atoms with Crippen molar-refractivity contribution in [2.24, 2.45) is 0 Å². The van der Waals surface area contributed by atoms with E-state index in [-0.39, 0.29) is 5.54 Å². The van der Waals surface area contributed by atoms with Crippen LogP contribution in [0.3, 0.4) is 0 Å². The molecular formula is C16H25ClN2O. The van der Waals surface area contributed by atoms with Crippen molar-refractivity contribution in [2.75, 3.05) is 25.2 Å². The minimum absolute atomic E-state index is 0.0919. The maximum Gasteiger partial charge on any atom is 0.0670 e. The van der Waals surface area contributed by atoms with Crippen molar-refractivity contribution < 1.29 is 4.74 Å². The summed E-state index contributed by atoms with van der Waals surface area (Å²) in [5, 5.41) is 4.35. The summed E-state index contributed by atoms with van der Waals surface area (Å²) in [5.74, 6) is 0. The Kier molecular flexibility index (Phi) is 4.95. The summed E-state index contributed by atoms with van der Waals surface area (Å²) in [6, 6.07) is 6.55. The van der Waals surface area contributed by atoms with Gasteiger partial charge in [-0.15, -0.1) is 0 Å². The number of anilines is 1. The van der Waals surface area contributed by atoms with E-state index in [1.54, 1.807) is 0 Å². The topological polar surface area (TPSA) is 24.5 Å². The molecule has 0 bridgehead atoms. The largest absolute Gasteiger partial charge is 0.379 e. The zero-order valence-electron chi connectivity index (χ0n) is 12.9. The fourth-order valence-corrected chi connectivity index (χ4v) is 2.80. The first-order chi connectivity index (χ1) is 9.38. The number of hydrogen-bond acceptors (Lipinski definition) is 3. The van der Waals surface area contributed by atoms with Crippen LogP contribution in [0.15, 0.2) is 18.2 Å². The van der Waals surface area contributed by atoms with Crippen LogP contribution in [0.4, 0.5) is 5.69 Å². The van der Waals surface area contributed by atoms with E-state index in [2.05, 4.69) is 44.1 Å². The smallest absolute Gasteiger partial charge is 0.0670 e. The van der Waals surface area contributed by atoms with Crippen LogP contribution in [-0.2, 0) is 11.3 Å². The minimum atomic E-state index is 0.0919. The molecular weight excluding hydrogens is 272 g/mol. The zero-order valence-corrected chi connectivity index (χ0v) is 13.6. The second-order valence-electron chi connectivity index (χ2n) is 6.48. The van der Waals surface area contributed by atoms with Gasteiger partial charge in [-0.25, -0.2) is 0 Å². The molecule has 0 spiro atoms. The Bertz CT molecular complexity index is 450. The Morgan fingerprint density at radius 1 is 1.40 bits per heavy atom. The first kappa shape index (κ1) is 15.6. The van der Waals surface area contributed by atoms with Crippen LogP contribution in [0.1, 0.15) is 32.8 Å². The monoisotopic (exact) mass is 296 g/mol. The standard InChI is InChI=1S/C16H25ClN2O/c1-16(2,3)18-10-12-6-5-7-14(17)15(12)19(4)13-8-9-20-11-13/h5-7,13,18H,8-11H2,1-4H3. The van der Waals surface area contributed by atoms with Gasteiger partial charge in [-0.05, 0) is 38.8 Å². The SMILES string of the molecule is CN(c1c(Cl)cccc1CNC(C)(C)C)C1CCOC1. The Morgan fingerprint density at radius 2 is 2.15 bits per heavy atom. The molecule has 0 aromatic heterocycles. The number of likely N-dealkylation sites (N-methyl/N-ethyl adjacent to an activating group) is 1. The lowest BCUT2D eigenvalue weighted by atomic mass is 10.1. The summed E-state index contributed by atoms with van der Waals surface area (Å²) >= 11 is 6.44. The van der Waals surface area contributed by atoms with Crippen LogP contribution in [0, 0.1) is 0 Å².